The largest absolute Gasteiger partial charge is 0.375 e. The lowest BCUT2D eigenvalue weighted by Gasteiger charge is -2.45. The van der Waals surface area contributed by atoms with Crippen LogP contribution in [0.2, 0.25) is 0 Å². The van der Waals surface area contributed by atoms with Crippen LogP contribution in [0.25, 0.3) is 0 Å². The van der Waals surface area contributed by atoms with Gasteiger partial charge in [-0.25, -0.2) is 0 Å². The number of ether oxygens (including phenoxy) is 1. The maximum Gasteiger partial charge on any atom is 0.237 e. The van der Waals surface area contributed by atoms with Crippen LogP contribution in [0.15, 0.2) is 0 Å². The number of nitrogens with one attached hydrogen (secondary N) is 1. The van der Waals surface area contributed by atoms with Crippen molar-refractivity contribution in [2.75, 3.05) is 13.1 Å². The fourth-order valence-corrected chi connectivity index (χ4v) is 5.46. The van der Waals surface area contributed by atoms with Crippen molar-refractivity contribution in [2.24, 2.45) is 5.92 Å². The van der Waals surface area contributed by atoms with E-state index >= 15 is 0 Å². The Morgan fingerprint density at radius 3 is 2.29 bits per heavy atom. The fraction of sp³-hybridized carbons (Fsp3) is 0.950. The molecule has 2 aliphatic carbocycles. The highest BCUT2D eigenvalue weighted by molar-refractivity contribution is 5.83. The molecular weight excluding hydrogens is 300 g/mol. The van der Waals surface area contributed by atoms with Crippen LogP contribution in [0.3, 0.4) is 0 Å². The van der Waals surface area contributed by atoms with Gasteiger partial charge in [-0.3, -0.25) is 9.69 Å². The summed E-state index contributed by atoms with van der Waals surface area (Å²) in [6, 6.07) is 0.592. The monoisotopic (exact) mass is 334 g/mol. The predicted octanol–water partition coefficient (Wildman–Crippen LogP) is 3.25. The standard InChI is InChI=1S/C20H34N2O2/c23-20-19(14-15-6-4-5-9-18(15)21-20)22-12-10-17(11-13-22)24-16-7-2-1-3-8-16/h15-19H,1-14H2,(H,21,23). The second kappa shape index (κ2) is 7.74. The topological polar surface area (TPSA) is 41.6 Å². The minimum atomic E-state index is 0.125. The SMILES string of the molecule is O=C1NC2CCCCC2CC1N1CCC(OC2CCCCC2)CC1. The summed E-state index contributed by atoms with van der Waals surface area (Å²) < 4.78 is 6.35. The first-order valence-corrected chi connectivity index (χ1v) is 10.5. The molecule has 1 N–H and O–H groups in total. The molecule has 2 saturated heterocycles. The Bertz CT molecular complexity index is 427. The van der Waals surface area contributed by atoms with Gasteiger partial charge >= 0.3 is 0 Å². The highest BCUT2D eigenvalue weighted by Crippen LogP contribution is 2.33. The van der Waals surface area contributed by atoms with Gasteiger partial charge in [-0.2, -0.15) is 0 Å². The summed E-state index contributed by atoms with van der Waals surface area (Å²) >= 11 is 0. The van der Waals surface area contributed by atoms with Crippen LogP contribution >= 0.6 is 0 Å². The molecule has 0 spiro atoms. The van der Waals surface area contributed by atoms with Crippen LogP contribution in [0.5, 0.6) is 0 Å². The van der Waals surface area contributed by atoms with E-state index < -0.39 is 0 Å². The van der Waals surface area contributed by atoms with Crippen LogP contribution in [-0.4, -0.2) is 48.2 Å². The van der Waals surface area contributed by atoms with E-state index in [0.29, 0.717) is 24.2 Å². The van der Waals surface area contributed by atoms with Crippen molar-refractivity contribution in [3.8, 4) is 0 Å². The van der Waals surface area contributed by atoms with Crippen LogP contribution < -0.4 is 5.32 Å². The van der Waals surface area contributed by atoms with Gasteiger partial charge in [0.05, 0.1) is 18.2 Å². The Hall–Kier alpha value is -0.610. The van der Waals surface area contributed by atoms with Crippen molar-refractivity contribution in [1.29, 1.82) is 0 Å². The molecule has 4 aliphatic rings. The molecule has 24 heavy (non-hydrogen) atoms. The number of likely N-dealkylation sites (tertiary alicyclic amines) is 1. The number of hydrogen-bond acceptors (Lipinski definition) is 3. The van der Waals surface area contributed by atoms with Gasteiger partial charge in [0.1, 0.15) is 0 Å². The lowest BCUT2D eigenvalue weighted by Crippen LogP contribution is -2.59. The molecule has 1 amide bonds. The molecule has 2 aliphatic heterocycles. The second-order valence-electron chi connectivity index (χ2n) is 8.54. The second-order valence-corrected chi connectivity index (χ2v) is 8.54. The molecule has 0 bridgehead atoms. The number of nitrogens with zero attached hydrogens (tertiary/aromatic N) is 1. The zero-order chi connectivity index (χ0) is 16.4. The van der Waals surface area contributed by atoms with Gasteiger partial charge in [0.2, 0.25) is 5.91 Å². The van der Waals surface area contributed by atoms with E-state index in [2.05, 4.69) is 10.2 Å². The molecule has 4 fully saturated rings. The number of rotatable bonds is 3. The zero-order valence-electron chi connectivity index (χ0n) is 15.0. The molecule has 0 radical (unpaired) electrons. The summed E-state index contributed by atoms with van der Waals surface area (Å²) in [6.07, 6.45) is 16.0. The van der Waals surface area contributed by atoms with Gasteiger partial charge in [-0.15, -0.1) is 0 Å². The van der Waals surface area contributed by atoms with E-state index in [4.69, 9.17) is 4.74 Å². The highest BCUT2D eigenvalue weighted by atomic mass is 16.5. The Labute approximate surface area is 146 Å². The molecule has 0 aromatic rings. The van der Waals surface area contributed by atoms with E-state index in [1.165, 1.54) is 57.8 Å². The summed E-state index contributed by atoms with van der Waals surface area (Å²) in [5.41, 5.74) is 0. The summed E-state index contributed by atoms with van der Waals surface area (Å²) in [6.45, 7) is 2.07. The van der Waals surface area contributed by atoms with E-state index in [1.807, 2.05) is 0 Å². The number of carbonyl (C=O) groups excluding carboxylic acids is 1. The van der Waals surface area contributed by atoms with Crippen LogP contribution in [0, 0.1) is 5.92 Å². The lowest BCUT2D eigenvalue weighted by molar-refractivity contribution is -0.134. The van der Waals surface area contributed by atoms with Crippen LogP contribution in [0.1, 0.15) is 77.0 Å². The molecule has 2 saturated carbocycles. The summed E-state index contributed by atoms with van der Waals surface area (Å²) in [7, 11) is 0. The van der Waals surface area contributed by atoms with Gasteiger partial charge in [0.25, 0.3) is 0 Å². The normalized spacial score (nSPS) is 37.0. The van der Waals surface area contributed by atoms with Gasteiger partial charge in [-0.1, -0.05) is 32.1 Å². The van der Waals surface area contributed by atoms with Crippen LogP contribution in [0.4, 0.5) is 0 Å². The summed E-state index contributed by atoms with van der Waals surface area (Å²) in [5.74, 6) is 1.02. The third-order valence-electron chi connectivity index (χ3n) is 6.92. The van der Waals surface area contributed by atoms with Crippen molar-refractivity contribution < 1.29 is 9.53 Å². The number of amides is 1. The molecule has 0 aromatic heterocycles. The first-order chi connectivity index (χ1) is 11.8. The van der Waals surface area contributed by atoms with E-state index in [-0.39, 0.29) is 6.04 Å². The lowest BCUT2D eigenvalue weighted by atomic mass is 9.77. The average molecular weight is 335 g/mol. The number of hydrogen-bond donors (Lipinski definition) is 1. The van der Waals surface area contributed by atoms with Crippen molar-refractivity contribution in [3.63, 3.8) is 0 Å². The molecule has 3 atom stereocenters. The molecule has 3 unspecified atom stereocenters. The zero-order valence-corrected chi connectivity index (χ0v) is 15.0. The average Bonchev–Trinajstić information content (AvgIpc) is 2.63. The molecule has 2 heterocycles. The summed E-state index contributed by atoms with van der Waals surface area (Å²) in [4.78, 5) is 15.0. The van der Waals surface area contributed by atoms with E-state index in [1.54, 1.807) is 0 Å². The molecule has 4 heteroatoms. The third-order valence-corrected chi connectivity index (χ3v) is 6.92. The first kappa shape index (κ1) is 16.8. The first-order valence-electron chi connectivity index (χ1n) is 10.5. The number of carbonyl (C=O) groups is 1. The van der Waals surface area contributed by atoms with Crippen molar-refractivity contribution in [1.82, 2.24) is 10.2 Å². The van der Waals surface area contributed by atoms with Crippen molar-refractivity contribution in [3.05, 3.63) is 0 Å². The number of piperidine rings is 2. The third kappa shape index (κ3) is 3.80. The highest BCUT2D eigenvalue weighted by Gasteiger charge is 2.40. The van der Waals surface area contributed by atoms with Gasteiger partial charge in [0, 0.05) is 19.1 Å². The molecule has 4 nitrogen and oxygen atoms in total. The van der Waals surface area contributed by atoms with Gasteiger partial charge in [0.15, 0.2) is 0 Å². The maximum absolute atomic E-state index is 12.6. The molecular formula is C20H34N2O2. The number of fused-ring (bicyclic) bond motifs is 1. The Balaban J connectivity index is 1.26. The van der Waals surface area contributed by atoms with E-state index in [9.17, 15) is 4.79 Å². The summed E-state index contributed by atoms with van der Waals surface area (Å²) in [5, 5.41) is 3.33. The molecule has 0 aromatic carbocycles. The molecule has 4 rings (SSSR count). The Morgan fingerprint density at radius 1 is 0.833 bits per heavy atom. The molecule has 136 valence electrons. The van der Waals surface area contributed by atoms with Gasteiger partial charge in [-0.05, 0) is 50.9 Å². The fourth-order valence-electron chi connectivity index (χ4n) is 5.46. The Kier molecular flexibility index (Phi) is 5.43. The van der Waals surface area contributed by atoms with Crippen molar-refractivity contribution in [2.45, 2.75) is 101 Å². The smallest absolute Gasteiger partial charge is 0.237 e. The van der Waals surface area contributed by atoms with Crippen LogP contribution in [-0.2, 0) is 9.53 Å². The quantitative estimate of drug-likeness (QED) is 0.861. The maximum atomic E-state index is 12.6. The van der Waals surface area contributed by atoms with Crippen molar-refractivity contribution >= 4 is 5.91 Å². The predicted molar refractivity (Wildman–Crippen MR) is 94.8 cm³/mol. The van der Waals surface area contributed by atoms with Gasteiger partial charge < -0.3 is 10.1 Å². The minimum Gasteiger partial charge on any atom is -0.375 e. The Morgan fingerprint density at radius 2 is 1.50 bits per heavy atom. The minimum absolute atomic E-state index is 0.125. The van der Waals surface area contributed by atoms with E-state index in [0.717, 1.165) is 38.3 Å².